The van der Waals surface area contributed by atoms with Gasteiger partial charge in [-0.1, -0.05) is 20.8 Å². The van der Waals surface area contributed by atoms with Crippen LogP contribution in [0, 0.1) is 5.92 Å². The number of hydrogen-bond donors (Lipinski definition) is 1. The Morgan fingerprint density at radius 2 is 2.12 bits per heavy atom. The maximum absolute atomic E-state index is 5.81. The van der Waals surface area contributed by atoms with Crippen molar-refractivity contribution < 1.29 is 4.74 Å². The predicted octanol–water partition coefficient (Wildman–Crippen LogP) is 3.31. The molecule has 0 aromatic rings. The first-order valence-electron chi connectivity index (χ1n) is 7.08. The van der Waals surface area contributed by atoms with Gasteiger partial charge in [-0.15, -0.1) is 0 Å². The summed E-state index contributed by atoms with van der Waals surface area (Å²) in [7, 11) is 0. The van der Waals surface area contributed by atoms with Gasteiger partial charge in [0.15, 0.2) is 0 Å². The second-order valence-corrected chi connectivity index (χ2v) is 6.82. The lowest BCUT2D eigenvalue weighted by Gasteiger charge is -2.34. The fraction of sp³-hybridized carbons (Fsp3) is 1.00. The fourth-order valence-electron chi connectivity index (χ4n) is 2.33. The van der Waals surface area contributed by atoms with Gasteiger partial charge in [-0.3, -0.25) is 0 Å². The van der Waals surface area contributed by atoms with Gasteiger partial charge in [0.1, 0.15) is 0 Å². The number of hydrogen-bond acceptors (Lipinski definition) is 3. The van der Waals surface area contributed by atoms with E-state index in [1.165, 1.54) is 30.8 Å². The van der Waals surface area contributed by atoms with E-state index in [9.17, 15) is 0 Å². The van der Waals surface area contributed by atoms with Gasteiger partial charge in [-0.2, -0.15) is 11.8 Å². The van der Waals surface area contributed by atoms with E-state index in [1.54, 1.807) is 0 Å². The third kappa shape index (κ3) is 6.12. The lowest BCUT2D eigenvalue weighted by Crippen LogP contribution is -2.44. The number of nitrogens with one attached hydrogen (secondary N) is 1. The van der Waals surface area contributed by atoms with Crippen molar-refractivity contribution in [1.29, 1.82) is 0 Å². The molecule has 0 aromatic heterocycles. The maximum atomic E-state index is 5.81. The largest absolute Gasteiger partial charge is 0.378 e. The molecule has 0 spiro atoms. The van der Waals surface area contributed by atoms with Crippen molar-refractivity contribution in [3.05, 3.63) is 0 Å². The van der Waals surface area contributed by atoms with Gasteiger partial charge in [0.25, 0.3) is 0 Å². The van der Waals surface area contributed by atoms with Crippen LogP contribution in [0.25, 0.3) is 0 Å². The minimum Gasteiger partial charge on any atom is -0.378 e. The first-order valence-corrected chi connectivity index (χ1v) is 8.24. The van der Waals surface area contributed by atoms with Gasteiger partial charge >= 0.3 is 0 Å². The van der Waals surface area contributed by atoms with Crippen LogP contribution in [0.5, 0.6) is 0 Å². The lowest BCUT2D eigenvalue weighted by molar-refractivity contribution is -0.0256. The Morgan fingerprint density at radius 1 is 1.35 bits per heavy atom. The van der Waals surface area contributed by atoms with Gasteiger partial charge < -0.3 is 10.1 Å². The van der Waals surface area contributed by atoms with E-state index in [4.69, 9.17) is 4.74 Å². The van der Waals surface area contributed by atoms with Gasteiger partial charge in [-0.05, 0) is 43.6 Å². The highest BCUT2D eigenvalue weighted by molar-refractivity contribution is 7.99. The van der Waals surface area contributed by atoms with Crippen molar-refractivity contribution in [1.82, 2.24) is 5.32 Å². The summed E-state index contributed by atoms with van der Waals surface area (Å²) < 4.78 is 5.81. The van der Waals surface area contributed by atoms with Gasteiger partial charge in [-0.25, -0.2) is 0 Å². The average molecular weight is 259 g/mol. The molecule has 0 radical (unpaired) electrons. The first kappa shape index (κ1) is 15.3. The molecule has 0 aromatic carbocycles. The molecule has 1 fully saturated rings. The molecule has 17 heavy (non-hydrogen) atoms. The van der Waals surface area contributed by atoms with Gasteiger partial charge in [0.2, 0.25) is 0 Å². The molecular formula is C14H29NOS. The summed E-state index contributed by atoms with van der Waals surface area (Å²) >= 11 is 2.04. The molecule has 1 heterocycles. The van der Waals surface area contributed by atoms with Crippen LogP contribution < -0.4 is 5.32 Å². The third-order valence-corrected chi connectivity index (χ3v) is 4.41. The van der Waals surface area contributed by atoms with Crippen molar-refractivity contribution in [2.75, 3.05) is 18.1 Å². The van der Waals surface area contributed by atoms with Crippen LogP contribution in [0.2, 0.25) is 0 Å². The molecule has 3 unspecified atom stereocenters. The summed E-state index contributed by atoms with van der Waals surface area (Å²) in [6.45, 7) is 9.99. The Balaban J connectivity index is 2.21. The molecule has 3 atom stereocenters. The molecular weight excluding hydrogens is 230 g/mol. The van der Waals surface area contributed by atoms with Crippen LogP contribution in [-0.2, 0) is 4.74 Å². The second-order valence-electron chi connectivity index (χ2n) is 5.43. The summed E-state index contributed by atoms with van der Waals surface area (Å²) in [6.07, 6.45) is 4.10. The highest BCUT2D eigenvalue weighted by Crippen LogP contribution is 2.20. The van der Waals surface area contributed by atoms with Crippen molar-refractivity contribution in [2.24, 2.45) is 5.92 Å². The smallest absolute Gasteiger partial charge is 0.0612 e. The molecule has 1 saturated heterocycles. The van der Waals surface area contributed by atoms with E-state index in [2.05, 4.69) is 33.0 Å². The van der Waals surface area contributed by atoms with Crippen LogP contribution in [-0.4, -0.2) is 36.3 Å². The molecule has 1 N–H and O–H groups in total. The fourth-order valence-corrected chi connectivity index (χ4v) is 3.14. The average Bonchev–Trinajstić information content (AvgIpc) is 2.29. The molecule has 0 saturated carbocycles. The zero-order valence-electron chi connectivity index (χ0n) is 11.9. The van der Waals surface area contributed by atoms with Crippen LogP contribution in [0.15, 0.2) is 0 Å². The van der Waals surface area contributed by atoms with Crippen LogP contribution >= 0.6 is 11.8 Å². The Kier molecular flexibility index (Phi) is 7.56. The van der Waals surface area contributed by atoms with Gasteiger partial charge in [0.05, 0.1) is 6.10 Å². The zero-order valence-corrected chi connectivity index (χ0v) is 12.7. The molecule has 0 aliphatic carbocycles. The molecule has 102 valence electrons. The van der Waals surface area contributed by atoms with Crippen molar-refractivity contribution in [3.63, 3.8) is 0 Å². The van der Waals surface area contributed by atoms with Crippen LogP contribution in [0.4, 0.5) is 0 Å². The molecule has 1 aliphatic rings. The zero-order chi connectivity index (χ0) is 12.7. The summed E-state index contributed by atoms with van der Waals surface area (Å²) in [5.41, 5.74) is 0. The van der Waals surface area contributed by atoms with E-state index in [0.717, 1.165) is 6.61 Å². The minimum absolute atomic E-state index is 0.457. The quantitative estimate of drug-likeness (QED) is 0.709. The van der Waals surface area contributed by atoms with Crippen LogP contribution in [0.1, 0.15) is 47.0 Å². The number of thioether (sulfide) groups is 1. The highest BCUT2D eigenvalue weighted by Gasteiger charge is 2.25. The number of ether oxygens (including phenoxy) is 1. The lowest BCUT2D eigenvalue weighted by atomic mass is 9.95. The summed E-state index contributed by atoms with van der Waals surface area (Å²) in [6, 6.07) is 1.31. The molecule has 1 aliphatic heterocycles. The molecule has 3 heteroatoms. The van der Waals surface area contributed by atoms with E-state index in [-0.39, 0.29) is 0 Å². The van der Waals surface area contributed by atoms with Crippen molar-refractivity contribution >= 4 is 11.8 Å². The van der Waals surface area contributed by atoms with Gasteiger partial charge in [0, 0.05) is 18.7 Å². The van der Waals surface area contributed by atoms with Crippen LogP contribution in [0.3, 0.4) is 0 Å². The minimum atomic E-state index is 0.457. The Bertz CT molecular complexity index is 199. The second kappa shape index (κ2) is 8.39. The predicted molar refractivity (Wildman–Crippen MR) is 77.8 cm³/mol. The molecule has 0 amide bonds. The summed E-state index contributed by atoms with van der Waals surface area (Å²) in [5.74, 6) is 3.16. The van der Waals surface area contributed by atoms with Crippen molar-refractivity contribution in [3.8, 4) is 0 Å². The highest BCUT2D eigenvalue weighted by atomic mass is 32.2. The number of rotatable bonds is 7. The topological polar surface area (TPSA) is 21.3 Å². The van der Waals surface area contributed by atoms with E-state index in [1.807, 2.05) is 11.8 Å². The van der Waals surface area contributed by atoms with E-state index < -0.39 is 0 Å². The normalized spacial score (nSPS) is 27.4. The SMILES string of the molecule is CCSCCC(C)NC1CCOC(C(C)C)C1. The monoisotopic (exact) mass is 259 g/mol. The third-order valence-electron chi connectivity index (χ3n) is 3.48. The first-order chi connectivity index (χ1) is 8.13. The molecule has 1 rings (SSSR count). The molecule has 2 nitrogen and oxygen atoms in total. The molecule has 0 bridgehead atoms. The Hall–Kier alpha value is 0.270. The van der Waals surface area contributed by atoms with Crippen molar-refractivity contribution in [2.45, 2.75) is 65.1 Å². The summed E-state index contributed by atoms with van der Waals surface area (Å²) in [4.78, 5) is 0. The standard InChI is InChI=1S/C14H29NOS/c1-5-17-9-7-12(4)15-13-6-8-16-14(10-13)11(2)3/h11-15H,5-10H2,1-4H3. The maximum Gasteiger partial charge on any atom is 0.0612 e. The Morgan fingerprint density at radius 3 is 2.76 bits per heavy atom. The van der Waals surface area contributed by atoms with E-state index >= 15 is 0 Å². The van der Waals surface area contributed by atoms with E-state index in [0.29, 0.717) is 24.1 Å². The Labute approximate surface area is 111 Å². The summed E-state index contributed by atoms with van der Waals surface area (Å²) in [5, 5.41) is 3.77.